The molecule has 0 aliphatic rings. The van der Waals surface area contributed by atoms with Gasteiger partial charge in [0, 0.05) is 18.8 Å². The van der Waals surface area contributed by atoms with Crippen molar-refractivity contribution in [2.24, 2.45) is 7.05 Å². The molecule has 3 heteroatoms. The van der Waals surface area contributed by atoms with Crippen LogP contribution < -0.4 is 5.43 Å². The molecule has 0 spiro atoms. The van der Waals surface area contributed by atoms with Crippen LogP contribution in [0.5, 0.6) is 5.75 Å². The van der Waals surface area contributed by atoms with Crippen LogP contribution in [0, 0.1) is 6.92 Å². The molecule has 1 heterocycles. The van der Waals surface area contributed by atoms with Crippen molar-refractivity contribution in [3.05, 3.63) is 27.7 Å². The summed E-state index contributed by atoms with van der Waals surface area (Å²) in [7, 11) is 1.84. The van der Waals surface area contributed by atoms with E-state index in [0.717, 1.165) is 5.69 Å². The highest BCUT2D eigenvalue weighted by Gasteiger charge is 2.07. The van der Waals surface area contributed by atoms with Crippen LogP contribution >= 0.6 is 0 Å². The second-order valence-electron chi connectivity index (χ2n) is 2.86. The number of rotatable bonds is 1. The molecule has 0 aliphatic heterocycles. The molecule has 0 saturated heterocycles. The highest BCUT2D eigenvalue weighted by molar-refractivity contribution is 5.29. The van der Waals surface area contributed by atoms with Crippen LogP contribution in [0.15, 0.2) is 10.9 Å². The molecule has 1 aromatic rings. The maximum Gasteiger partial charge on any atom is 0.223 e. The van der Waals surface area contributed by atoms with Gasteiger partial charge in [-0.2, -0.15) is 0 Å². The molecule has 0 saturated carbocycles. The summed E-state index contributed by atoms with van der Waals surface area (Å²) in [5.74, 6) is -0.120. The molecule has 66 valence electrons. The quantitative estimate of drug-likeness (QED) is 0.677. The van der Waals surface area contributed by atoms with Crippen LogP contribution in [-0.4, -0.2) is 9.67 Å². The predicted molar refractivity (Wildman–Crippen MR) is 47.5 cm³/mol. The average molecular weight is 167 g/mol. The lowest BCUT2D eigenvalue weighted by Gasteiger charge is -2.11. The molecule has 1 N–H and O–H groups in total. The van der Waals surface area contributed by atoms with Crippen molar-refractivity contribution in [1.29, 1.82) is 0 Å². The number of aromatic hydroxyl groups is 1. The maximum absolute atomic E-state index is 11.1. The molecule has 0 radical (unpaired) electrons. The third kappa shape index (κ3) is 1.22. The fourth-order valence-electron chi connectivity index (χ4n) is 1.27. The van der Waals surface area contributed by atoms with E-state index in [1.54, 1.807) is 0 Å². The Morgan fingerprint density at radius 2 is 2.17 bits per heavy atom. The lowest BCUT2D eigenvalue weighted by molar-refractivity contribution is 0.452. The first-order chi connectivity index (χ1) is 5.57. The van der Waals surface area contributed by atoms with E-state index in [1.807, 2.05) is 25.5 Å². The SMILES string of the molecule is CCc1c(O)c(=O)cc(C)n1C. The molecule has 0 fully saturated rings. The second kappa shape index (κ2) is 3.01. The Balaban J connectivity index is 3.53. The fraction of sp³-hybridized carbons (Fsp3) is 0.444. The summed E-state index contributed by atoms with van der Waals surface area (Å²) in [5, 5.41) is 9.37. The van der Waals surface area contributed by atoms with Gasteiger partial charge < -0.3 is 9.67 Å². The van der Waals surface area contributed by atoms with Crippen LogP contribution in [0.25, 0.3) is 0 Å². The van der Waals surface area contributed by atoms with Gasteiger partial charge in [-0.15, -0.1) is 0 Å². The normalized spacial score (nSPS) is 10.2. The summed E-state index contributed by atoms with van der Waals surface area (Å²) in [5.41, 5.74) is 1.28. The van der Waals surface area contributed by atoms with Gasteiger partial charge >= 0.3 is 0 Å². The van der Waals surface area contributed by atoms with Crippen LogP contribution in [0.2, 0.25) is 0 Å². The largest absolute Gasteiger partial charge is 0.503 e. The van der Waals surface area contributed by atoms with Gasteiger partial charge in [0.2, 0.25) is 5.43 Å². The van der Waals surface area contributed by atoms with E-state index < -0.39 is 0 Å². The number of aromatic nitrogens is 1. The zero-order chi connectivity index (χ0) is 9.30. The number of aryl methyl sites for hydroxylation is 1. The zero-order valence-electron chi connectivity index (χ0n) is 7.59. The monoisotopic (exact) mass is 167 g/mol. The van der Waals surface area contributed by atoms with Crippen molar-refractivity contribution in [2.75, 3.05) is 0 Å². The van der Waals surface area contributed by atoms with E-state index in [0.29, 0.717) is 12.1 Å². The Labute approximate surface area is 71.3 Å². The number of nitrogens with zero attached hydrogens (tertiary/aromatic N) is 1. The molecular formula is C9H13NO2. The first-order valence-electron chi connectivity index (χ1n) is 3.96. The highest BCUT2D eigenvalue weighted by atomic mass is 16.3. The second-order valence-corrected chi connectivity index (χ2v) is 2.86. The van der Waals surface area contributed by atoms with Crippen molar-refractivity contribution in [2.45, 2.75) is 20.3 Å². The standard InChI is InChI=1S/C9H13NO2/c1-4-7-9(12)8(11)5-6(2)10(7)3/h5,12H,4H2,1-3H3. The first-order valence-corrected chi connectivity index (χ1v) is 3.96. The highest BCUT2D eigenvalue weighted by Crippen LogP contribution is 2.12. The predicted octanol–water partition coefficient (Wildman–Crippen LogP) is 0.962. The van der Waals surface area contributed by atoms with E-state index in [1.165, 1.54) is 6.07 Å². The molecule has 0 amide bonds. The summed E-state index contributed by atoms with van der Waals surface area (Å²) < 4.78 is 1.83. The fourth-order valence-corrected chi connectivity index (χ4v) is 1.27. The van der Waals surface area contributed by atoms with Gasteiger partial charge in [0.15, 0.2) is 5.75 Å². The molecule has 0 atom stereocenters. The van der Waals surface area contributed by atoms with Gasteiger partial charge in [0.05, 0.1) is 5.69 Å². The topological polar surface area (TPSA) is 42.2 Å². The molecule has 0 bridgehead atoms. The molecule has 1 aromatic heterocycles. The summed E-state index contributed by atoms with van der Waals surface area (Å²) in [6, 6.07) is 1.44. The summed E-state index contributed by atoms with van der Waals surface area (Å²) in [6.07, 6.45) is 0.666. The van der Waals surface area contributed by atoms with Crippen LogP contribution in [-0.2, 0) is 13.5 Å². The van der Waals surface area contributed by atoms with E-state index in [2.05, 4.69) is 0 Å². The number of pyridine rings is 1. The Morgan fingerprint density at radius 1 is 1.58 bits per heavy atom. The van der Waals surface area contributed by atoms with Crippen molar-refractivity contribution >= 4 is 0 Å². The third-order valence-corrected chi connectivity index (χ3v) is 2.12. The minimum Gasteiger partial charge on any atom is -0.503 e. The minimum atomic E-state index is -0.289. The van der Waals surface area contributed by atoms with E-state index in [-0.39, 0.29) is 11.2 Å². The first kappa shape index (κ1) is 8.84. The Hall–Kier alpha value is -1.25. The molecule has 0 aromatic carbocycles. The van der Waals surface area contributed by atoms with Gasteiger partial charge in [0.1, 0.15) is 0 Å². The third-order valence-electron chi connectivity index (χ3n) is 2.12. The molecule has 1 rings (SSSR count). The van der Waals surface area contributed by atoms with Crippen molar-refractivity contribution in [3.63, 3.8) is 0 Å². The molecule has 12 heavy (non-hydrogen) atoms. The van der Waals surface area contributed by atoms with Gasteiger partial charge in [-0.05, 0) is 13.3 Å². The van der Waals surface area contributed by atoms with Crippen molar-refractivity contribution < 1.29 is 5.11 Å². The molecule has 0 aliphatic carbocycles. The van der Waals surface area contributed by atoms with E-state index in [4.69, 9.17) is 0 Å². The van der Waals surface area contributed by atoms with E-state index in [9.17, 15) is 9.90 Å². The molecule has 3 nitrogen and oxygen atoms in total. The van der Waals surface area contributed by atoms with Crippen LogP contribution in [0.3, 0.4) is 0 Å². The van der Waals surface area contributed by atoms with Gasteiger partial charge in [-0.25, -0.2) is 0 Å². The van der Waals surface area contributed by atoms with Gasteiger partial charge in [-0.3, -0.25) is 4.79 Å². The Kier molecular flexibility index (Phi) is 2.22. The summed E-state index contributed by atoms with van der Waals surface area (Å²) in [6.45, 7) is 3.76. The number of hydrogen-bond acceptors (Lipinski definition) is 2. The summed E-state index contributed by atoms with van der Waals surface area (Å²) >= 11 is 0. The average Bonchev–Trinajstić information content (AvgIpc) is 2.02. The zero-order valence-corrected chi connectivity index (χ0v) is 7.59. The molecule has 0 unspecified atom stereocenters. The smallest absolute Gasteiger partial charge is 0.223 e. The van der Waals surface area contributed by atoms with Crippen LogP contribution in [0.1, 0.15) is 18.3 Å². The lowest BCUT2D eigenvalue weighted by Crippen LogP contribution is -2.12. The van der Waals surface area contributed by atoms with Crippen molar-refractivity contribution in [3.8, 4) is 5.75 Å². The van der Waals surface area contributed by atoms with Gasteiger partial charge in [-0.1, -0.05) is 6.92 Å². The molecular weight excluding hydrogens is 154 g/mol. The number of hydrogen-bond donors (Lipinski definition) is 1. The Bertz CT molecular complexity index is 352. The lowest BCUT2D eigenvalue weighted by atomic mass is 10.2. The maximum atomic E-state index is 11.1. The van der Waals surface area contributed by atoms with Gasteiger partial charge in [0.25, 0.3) is 0 Å². The minimum absolute atomic E-state index is 0.120. The summed E-state index contributed by atoms with van der Waals surface area (Å²) in [4.78, 5) is 11.1. The van der Waals surface area contributed by atoms with Crippen molar-refractivity contribution in [1.82, 2.24) is 4.57 Å². The Morgan fingerprint density at radius 3 is 2.67 bits per heavy atom. The van der Waals surface area contributed by atoms with Crippen LogP contribution in [0.4, 0.5) is 0 Å². The van der Waals surface area contributed by atoms with E-state index >= 15 is 0 Å².